The van der Waals surface area contributed by atoms with E-state index in [0.29, 0.717) is 12.2 Å². The van der Waals surface area contributed by atoms with Gasteiger partial charge in [-0.25, -0.2) is 9.78 Å². The molecule has 1 atom stereocenters. The Morgan fingerprint density at radius 1 is 1.65 bits per heavy atom. The predicted molar refractivity (Wildman–Crippen MR) is 60.1 cm³/mol. The van der Waals surface area contributed by atoms with Crippen molar-refractivity contribution in [2.24, 2.45) is 0 Å². The molecule has 1 saturated heterocycles. The van der Waals surface area contributed by atoms with Crippen molar-refractivity contribution in [3.8, 4) is 0 Å². The van der Waals surface area contributed by atoms with Crippen LogP contribution in [0.2, 0.25) is 0 Å². The molecule has 2 rings (SSSR count). The number of rotatable bonds is 2. The number of carboxylic acids is 1. The van der Waals surface area contributed by atoms with Crippen LogP contribution >= 0.6 is 11.3 Å². The second kappa shape index (κ2) is 4.80. The summed E-state index contributed by atoms with van der Waals surface area (Å²) in [4.78, 5) is 28.4. The minimum atomic E-state index is -1.04. The van der Waals surface area contributed by atoms with E-state index >= 15 is 0 Å². The number of morpholine rings is 1. The average molecular weight is 256 g/mol. The number of nitrogens with zero attached hydrogens (tertiary/aromatic N) is 2. The predicted octanol–water partition coefficient (Wildman–Crippen LogP) is 0.377. The summed E-state index contributed by atoms with van der Waals surface area (Å²) >= 11 is 1.40. The van der Waals surface area contributed by atoms with Gasteiger partial charge in [0.25, 0.3) is 5.91 Å². The van der Waals surface area contributed by atoms with Gasteiger partial charge in [0.15, 0.2) is 6.10 Å². The number of hydrogen-bond acceptors (Lipinski definition) is 5. The summed E-state index contributed by atoms with van der Waals surface area (Å²) in [5.41, 5.74) is 0.374. The summed E-state index contributed by atoms with van der Waals surface area (Å²) in [6, 6.07) is 0. The largest absolute Gasteiger partial charge is 0.479 e. The SMILES string of the molecule is Cc1nc(C(=O)N2CCO[C@@H](C(=O)O)C2)cs1. The first-order valence-corrected chi connectivity index (χ1v) is 6.01. The normalized spacial score (nSPS) is 20.3. The van der Waals surface area contributed by atoms with Crippen LogP contribution < -0.4 is 0 Å². The van der Waals surface area contributed by atoms with Crippen LogP contribution in [0.25, 0.3) is 0 Å². The number of aromatic nitrogens is 1. The molecule has 92 valence electrons. The molecule has 17 heavy (non-hydrogen) atoms. The molecule has 0 radical (unpaired) electrons. The van der Waals surface area contributed by atoms with Crippen LogP contribution in [-0.4, -0.2) is 52.7 Å². The van der Waals surface area contributed by atoms with Crippen molar-refractivity contribution in [3.05, 3.63) is 16.1 Å². The van der Waals surface area contributed by atoms with E-state index in [-0.39, 0.29) is 19.1 Å². The zero-order valence-corrected chi connectivity index (χ0v) is 10.1. The lowest BCUT2D eigenvalue weighted by atomic mass is 10.2. The summed E-state index contributed by atoms with van der Waals surface area (Å²) in [5, 5.41) is 11.3. The quantitative estimate of drug-likeness (QED) is 0.827. The number of aryl methyl sites for hydroxylation is 1. The van der Waals surface area contributed by atoms with Gasteiger partial charge in [-0.2, -0.15) is 0 Å². The maximum absolute atomic E-state index is 12.0. The summed E-state index contributed by atoms with van der Waals surface area (Å²) in [6.07, 6.45) is -0.938. The molecule has 7 heteroatoms. The lowest BCUT2D eigenvalue weighted by Gasteiger charge is -2.30. The van der Waals surface area contributed by atoms with E-state index in [2.05, 4.69) is 4.98 Å². The number of thiazole rings is 1. The molecule has 1 aliphatic rings. The first kappa shape index (κ1) is 12.0. The highest BCUT2D eigenvalue weighted by Crippen LogP contribution is 2.13. The van der Waals surface area contributed by atoms with Crippen LogP contribution in [0.15, 0.2) is 5.38 Å². The number of carbonyl (C=O) groups excluding carboxylic acids is 1. The first-order chi connectivity index (χ1) is 8.08. The van der Waals surface area contributed by atoms with Gasteiger partial charge >= 0.3 is 5.97 Å². The molecule has 2 heterocycles. The van der Waals surface area contributed by atoms with Crippen molar-refractivity contribution in [2.45, 2.75) is 13.0 Å². The molecule has 0 bridgehead atoms. The molecule has 1 aliphatic heterocycles. The van der Waals surface area contributed by atoms with Gasteiger partial charge in [0.1, 0.15) is 5.69 Å². The van der Waals surface area contributed by atoms with Gasteiger partial charge in [0.2, 0.25) is 0 Å². The van der Waals surface area contributed by atoms with Gasteiger partial charge in [-0.15, -0.1) is 11.3 Å². The second-order valence-electron chi connectivity index (χ2n) is 3.70. The standard InChI is InChI=1S/C10H12N2O4S/c1-6-11-7(5-17-6)9(13)12-2-3-16-8(4-12)10(14)15/h5,8H,2-4H2,1H3,(H,14,15)/t8-/m1/s1. The van der Waals surface area contributed by atoms with Crippen LogP contribution in [-0.2, 0) is 9.53 Å². The van der Waals surface area contributed by atoms with Gasteiger partial charge < -0.3 is 14.7 Å². The molecule has 1 amide bonds. The molecule has 1 aromatic rings. The lowest BCUT2D eigenvalue weighted by molar-refractivity contribution is -0.154. The molecular weight excluding hydrogens is 244 g/mol. The lowest BCUT2D eigenvalue weighted by Crippen LogP contribution is -2.48. The topological polar surface area (TPSA) is 79.7 Å². The fourth-order valence-corrected chi connectivity index (χ4v) is 2.19. The Morgan fingerprint density at radius 2 is 2.41 bits per heavy atom. The van der Waals surface area contributed by atoms with Crippen molar-refractivity contribution >= 4 is 23.2 Å². The minimum Gasteiger partial charge on any atom is -0.479 e. The van der Waals surface area contributed by atoms with E-state index in [0.717, 1.165) is 5.01 Å². The van der Waals surface area contributed by atoms with Gasteiger partial charge in [0.05, 0.1) is 18.2 Å². The molecule has 0 spiro atoms. The monoisotopic (exact) mass is 256 g/mol. The van der Waals surface area contributed by atoms with Crippen molar-refractivity contribution in [1.82, 2.24) is 9.88 Å². The van der Waals surface area contributed by atoms with Crippen molar-refractivity contribution in [1.29, 1.82) is 0 Å². The van der Waals surface area contributed by atoms with Crippen molar-refractivity contribution in [3.63, 3.8) is 0 Å². The minimum absolute atomic E-state index is 0.0741. The highest BCUT2D eigenvalue weighted by molar-refractivity contribution is 7.09. The number of hydrogen-bond donors (Lipinski definition) is 1. The Morgan fingerprint density at radius 3 is 3.00 bits per heavy atom. The number of carboxylic acid groups (broad SMARTS) is 1. The van der Waals surface area contributed by atoms with Crippen LogP contribution in [0.1, 0.15) is 15.5 Å². The molecule has 0 unspecified atom stereocenters. The highest BCUT2D eigenvalue weighted by Gasteiger charge is 2.30. The molecule has 1 N–H and O–H groups in total. The molecule has 1 fully saturated rings. The summed E-state index contributed by atoms with van der Waals surface area (Å²) in [6.45, 7) is 2.54. The third kappa shape index (κ3) is 2.62. The van der Waals surface area contributed by atoms with Gasteiger partial charge in [-0.1, -0.05) is 0 Å². The van der Waals surface area contributed by atoms with Crippen LogP contribution in [0.3, 0.4) is 0 Å². The summed E-state index contributed by atoms with van der Waals surface area (Å²) in [7, 11) is 0. The Balaban J connectivity index is 2.07. The third-order valence-electron chi connectivity index (χ3n) is 2.47. The molecule has 0 saturated carbocycles. The maximum atomic E-state index is 12.0. The second-order valence-corrected chi connectivity index (χ2v) is 4.76. The fraction of sp³-hybridized carbons (Fsp3) is 0.500. The molecule has 1 aromatic heterocycles. The van der Waals surface area contributed by atoms with Crippen LogP contribution in [0.5, 0.6) is 0 Å². The van der Waals surface area contributed by atoms with Gasteiger partial charge in [0, 0.05) is 11.9 Å². The van der Waals surface area contributed by atoms with E-state index in [1.807, 2.05) is 6.92 Å². The maximum Gasteiger partial charge on any atom is 0.334 e. The smallest absolute Gasteiger partial charge is 0.334 e. The molecule has 0 aromatic carbocycles. The first-order valence-electron chi connectivity index (χ1n) is 5.13. The Hall–Kier alpha value is -1.47. The van der Waals surface area contributed by atoms with E-state index < -0.39 is 12.1 Å². The Bertz CT molecular complexity index is 445. The van der Waals surface area contributed by atoms with Crippen molar-refractivity contribution in [2.75, 3.05) is 19.7 Å². The number of aliphatic carboxylic acids is 1. The third-order valence-corrected chi connectivity index (χ3v) is 3.24. The number of amides is 1. The number of carbonyl (C=O) groups is 2. The number of ether oxygens (including phenoxy) is 1. The average Bonchev–Trinajstić information content (AvgIpc) is 2.75. The van der Waals surface area contributed by atoms with Crippen LogP contribution in [0.4, 0.5) is 0 Å². The zero-order valence-electron chi connectivity index (χ0n) is 9.25. The van der Waals surface area contributed by atoms with E-state index in [9.17, 15) is 9.59 Å². The van der Waals surface area contributed by atoms with Crippen LogP contribution in [0, 0.1) is 6.92 Å². The van der Waals surface area contributed by atoms with Crippen molar-refractivity contribution < 1.29 is 19.4 Å². The van der Waals surface area contributed by atoms with E-state index in [1.54, 1.807) is 5.38 Å². The molecule has 6 nitrogen and oxygen atoms in total. The summed E-state index contributed by atoms with van der Waals surface area (Å²) < 4.78 is 5.05. The van der Waals surface area contributed by atoms with E-state index in [4.69, 9.17) is 9.84 Å². The zero-order chi connectivity index (χ0) is 12.4. The molecular formula is C10H12N2O4S. The van der Waals surface area contributed by atoms with Gasteiger partial charge in [-0.05, 0) is 6.92 Å². The highest BCUT2D eigenvalue weighted by atomic mass is 32.1. The summed E-state index contributed by atoms with van der Waals surface area (Å²) in [5.74, 6) is -1.28. The Labute approximate surface area is 102 Å². The molecule has 0 aliphatic carbocycles. The fourth-order valence-electron chi connectivity index (χ4n) is 1.61. The van der Waals surface area contributed by atoms with Gasteiger partial charge in [-0.3, -0.25) is 4.79 Å². The Kier molecular flexibility index (Phi) is 3.39. The van der Waals surface area contributed by atoms with E-state index in [1.165, 1.54) is 16.2 Å².